The number of nitrogens with one attached hydrogen (secondary N) is 1. The molecular formula is C17H18N2O2S. The van der Waals surface area contributed by atoms with Crippen molar-refractivity contribution in [1.82, 2.24) is 4.90 Å². The van der Waals surface area contributed by atoms with Crippen molar-refractivity contribution in [2.24, 2.45) is 5.92 Å². The van der Waals surface area contributed by atoms with Crippen LogP contribution in [-0.4, -0.2) is 29.8 Å². The highest BCUT2D eigenvalue weighted by molar-refractivity contribution is 7.12. The minimum atomic E-state index is -0.121. The van der Waals surface area contributed by atoms with Crippen molar-refractivity contribution in [2.75, 3.05) is 18.4 Å². The van der Waals surface area contributed by atoms with Crippen LogP contribution in [0.25, 0.3) is 0 Å². The van der Waals surface area contributed by atoms with Crippen LogP contribution in [0.3, 0.4) is 0 Å². The molecule has 1 aliphatic rings. The molecular weight excluding hydrogens is 296 g/mol. The summed E-state index contributed by atoms with van der Waals surface area (Å²) in [7, 11) is 0. The fourth-order valence-corrected chi connectivity index (χ4v) is 3.25. The molecule has 5 heteroatoms. The quantitative estimate of drug-likeness (QED) is 0.946. The average Bonchev–Trinajstić information content (AvgIpc) is 2.94. The second-order valence-electron chi connectivity index (χ2n) is 5.69. The van der Waals surface area contributed by atoms with E-state index in [4.69, 9.17) is 0 Å². The van der Waals surface area contributed by atoms with Gasteiger partial charge in [0, 0.05) is 18.8 Å². The molecule has 1 aromatic heterocycles. The van der Waals surface area contributed by atoms with Crippen LogP contribution in [0.5, 0.6) is 0 Å². The molecule has 1 aromatic carbocycles. The molecule has 0 atom stereocenters. The molecule has 3 rings (SSSR count). The lowest BCUT2D eigenvalue weighted by atomic mass is 9.98. The number of benzene rings is 1. The number of likely N-dealkylation sites (tertiary alicyclic amines) is 1. The Kier molecular flexibility index (Phi) is 3.98. The van der Waals surface area contributed by atoms with Gasteiger partial charge < -0.3 is 10.2 Å². The average molecular weight is 314 g/mol. The van der Waals surface area contributed by atoms with Crippen molar-refractivity contribution >= 4 is 28.8 Å². The second-order valence-corrected chi connectivity index (χ2v) is 6.64. The van der Waals surface area contributed by atoms with Crippen LogP contribution in [-0.2, 0) is 4.79 Å². The van der Waals surface area contributed by atoms with E-state index < -0.39 is 0 Å². The number of carbonyl (C=O) groups is 2. The minimum absolute atomic E-state index is 0.0119. The van der Waals surface area contributed by atoms with Gasteiger partial charge in [-0.2, -0.15) is 0 Å². The SMILES string of the molecule is Cc1ccc(NC(=O)C2CN(C(=O)c3cccs3)C2)c(C)c1. The molecule has 4 nitrogen and oxygen atoms in total. The first-order valence-electron chi connectivity index (χ1n) is 7.25. The Morgan fingerprint density at radius 1 is 1.23 bits per heavy atom. The molecule has 1 aliphatic heterocycles. The van der Waals surface area contributed by atoms with E-state index in [1.165, 1.54) is 16.9 Å². The normalized spacial score (nSPS) is 14.5. The molecule has 2 amide bonds. The second kappa shape index (κ2) is 5.93. The third kappa shape index (κ3) is 2.90. The zero-order valence-electron chi connectivity index (χ0n) is 12.6. The molecule has 1 fully saturated rings. The topological polar surface area (TPSA) is 49.4 Å². The van der Waals surface area contributed by atoms with E-state index >= 15 is 0 Å². The molecule has 1 N–H and O–H groups in total. The molecule has 1 saturated heterocycles. The Hall–Kier alpha value is -2.14. The van der Waals surface area contributed by atoms with Gasteiger partial charge in [0.1, 0.15) is 0 Å². The van der Waals surface area contributed by atoms with Crippen molar-refractivity contribution in [3.05, 3.63) is 51.7 Å². The van der Waals surface area contributed by atoms with Crippen LogP contribution in [0.2, 0.25) is 0 Å². The van der Waals surface area contributed by atoms with Gasteiger partial charge in [-0.25, -0.2) is 0 Å². The predicted molar refractivity (Wildman–Crippen MR) is 88.3 cm³/mol. The Bertz CT molecular complexity index is 703. The molecule has 0 radical (unpaired) electrons. The highest BCUT2D eigenvalue weighted by Gasteiger charge is 2.36. The van der Waals surface area contributed by atoms with Gasteiger partial charge in [0.2, 0.25) is 5.91 Å². The van der Waals surface area contributed by atoms with E-state index in [-0.39, 0.29) is 17.7 Å². The summed E-state index contributed by atoms with van der Waals surface area (Å²) in [6.07, 6.45) is 0. The lowest BCUT2D eigenvalue weighted by Crippen LogP contribution is -2.54. The third-order valence-electron chi connectivity index (χ3n) is 3.91. The van der Waals surface area contributed by atoms with Crippen LogP contribution >= 0.6 is 11.3 Å². The zero-order valence-corrected chi connectivity index (χ0v) is 13.4. The van der Waals surface area contributed by atoms with Crippen molar-refractivity contribution in [2.45, 2.75) is 13.8 Å². The summed E-state index contributed by atoms with van der Waals surface area (Å²) >= 11 is 1.43. The number of nitrogens with zero attached hydrogens (tertiary/aromatic N) is 1. The summed E-state index contributed by atoms with van der Waals surface area (Å²) in [5.41, 5.74) is 3.07. The fraction of sp³-hybridized carbons (Fsp3) is 0.294. The number of aryl methyl sites for hydroxylation is 2. The smallest absolute Gasteiger partial charge is 0.263 e. The first-order valence-corrected chi connectivity index (χ1v) is 8.13. The minimum Gasteiger partial charge on any atom is -0.336 e. The summed E-state index contributed by atoms with van der Waals surface area (Å²) in [6.45, 7) is 5.00. The number of carbonyl (C=O) groups excluding carboxylic acids is 2. The Morgan fingerprint density at radius 3 is 2.64 bits per heavy atom. The van der Waals surface area contributed by atoms with E-state index in [1.54, 1.807) is 4.90 Å². The molecule has 0 saturated carbocycles. The van der Waals surface area contributed by atoms with E-state index in [9.17, 15) is 9.59 Å². The maximum absolute atomic E-state index is 12.2. The number of hydrogen-bond donors (Lipinski definition) is 1. The summed E-state index contributed by atoms with van der Waals surface area (Å²) < 4.78 is 0. The standard InChI is InChI=1S/C17H18N2O2S/c1-11-5-6-14(12(2)8-11)18-16(20)13-9-19(10-13)17(21)15-4-3-7-22-15/h3-8,13H,9-10H2,1-2H3,(H,18,20). The largest absolute Gasteiger partial charge is 0.336 e. The van der Waals surface area contributed by atoms with Gasteiger partial charge in [0.25, 0.3) is 5.91 Å². The summed E-state index contributed by atoms with van der Waals surface area (Å²) in [4.78, 5) is 26.8. The number of amides is 2. The molecule has 0 aliphatic carbocycles. The van der Waals surface area contributed by atoms with Gasteiger partial charge in [0.15, 0.2) is 0 Å². The molecule has 2 heterocycles. The highest BCUT2D eigenvalue weighted by Crippen LogP contribution is 2.23. The van der Waals surface area contributed by atoms with E-state index in [0.29, 0.717) is 13.1 Å². The van der Waals surface area contributed by atoms with Crippen molar-refractivity contribution in [1.29, 1.82) is 0 Å². The van der Waals surface area contributed by atoms with Gasteiger partial charge >= 0.3 is 0 Å². The van der Waals surface area contributed by atoms with Gasteiger partial charge in [-0.3, -0.25) is 9.59 Å². The summed E-state index contributed by atoms with van der Waals surface area (Å²) in [5, 5.41) is 4.85. The number of rotatable bonds is 3. The third-order valence-corrected chi connectivity index (χ3v) is 4.77. The Labute approximate surface area is 133 Å². The number of hydrogen-bond acceptors (Lipinski definition) is 3. The van der Waals surface area contributed by atoms with Gasteiger partial charge in [-0.1, -0.05) is 23.8 Å². The summed E-state index contributed by atoms with van der Waals surface area (Å²) in [6, 6.07) is 9.63. The molecule has 22 heavy (non-hydrogen) atoms. The van der Waals surface area contributed by atoms with Crippen molar-refractivity contribution < 1.29 is 9.59 Å². The lowest BCUT2D eigenvalue weighted by molar-refractivity contribution is -0.123. The lowest BCUT2D eigenvalue weighted by Gasteiger charge is -2.38. The van der Waals surface area contributed by atoms with E-state index in [1.807, 2.05) is 49.6 Å². The zero-order chi connectivity index (χ0) is 15.7. The Morgan fingerprint density at radius 2 is 2.00 bits per heavy atom. The predicted octanol–water partition coefficient (Wildman–Crippen LogP) is 3.08. The molecule has 0 bridgehead atoms. The maximum atomic E-state index is 12.2. The van der Waals surface area contributed by atoms with Gasteiger partial charge in [-0.05, 0) is 36.9 Å². The number of anilines is 1. The van der Waals surface area contributed by atoms with Crippen LogP contribution in [0.1, 0.15) is 20.8 Å². The summed E-state index contributed by atoms with van der Waals surface area (Å²) in [5.74, 6) is -0.114. The van der Waals surface area contributed by atoms with Crippen LogP contribution < -0.4 is 5.32 Å². The first kappa shape index (κ1) is 14.8. The fourth-order valence-electron chi connectivity index (χ4n) is 2.55. The van der Waals surface area contributed by atoms with Crippen LogP contribution in [0, 0.1) is 19.8 Å². The molecule has 2 aromatic rings. The van der Waals surface area contributed by atoms with Gasteiger partial charge in [-0.15, -0.1) is 11.3 Å². The van der Waals surface area contributed by atoms with Crippen molar-refractivity contribution in [3.63, 3.8) is 0 Å². The first-order chi connectivity index (χ1) is 10.5. The van der Waals surface area contributed by atoms with E-state index in [2.05, 4.69) is 5.32 Å². The van der Waals surface area contributed by atoms with Crippen LogP contribution in [0.4, 0.5) is 5.69 Å². The monoisotopic (exact) mass is 314 g/mol. The highest BCUT2D eigenvalue weighted by atomic mass is 32.1. The molecule has 0 unspecified atom stereocenters. The molecule has 0 spiro atoms. The van der Waals surface area contributed by atoms with Crippen LogP contribution in [0.15, 0.2) is 35.7 Å². The number of thiophene rings is 1. The Balaban J connectivity index is 1.56. The van der Waals surface area contributed by atoms with Crippen molar-refractivity contribution in [3.8, 4) is 0 Å². The van der Waals surface area contributed by atoms with E-state index in [0.717, 1.165) is 16.1 Å². The maximum Gasteiger partial charge on any atom is 0.263 e. The molecule has 114 valence electrons. The van der Waals surface area contributed by atoms with Gasteiger partial charge in [0.05, 0.1) is 10.8 Å².